The summed E-state index contributed by atoms with van der Waals surface area (Å²) in [6.07, 6.45) is 11.4. The minimum Gasteiger partial charge on any atom is -0.299 e. The monoisotopic (exact) mass is 238 g/mol. The number of Topliss-reactive ketones (excluding diaryl/α,β-unsaturated/α-hetero) is 1. The van der Waals surface area contributed by atoms with Gasteiger partial charge in [-0.05, 0) is 31.6 Å². The Morgan fingerprint density at radius 2 is 1.62 bits per heavy atom. The zero-order chi connectivity index (χ0) is 11.0. The number of hydrogen-bond donors (Lipinski definition) is 0. The van der Waals surface area contributed by atoms with Gasteiger partial charge in [-0.1, -0.05) is 25.7 Å². The van der Waals surface area contributed by atoms with Crippen molar-refractivity contribution < 1.29 is 4.79 Å². The molecule has 1 nitrogen and oxygen atoms in total. The van der Waals surface area contributed by atoms with Crippen LogP contribution in [0.1, 0.15) is 57.8 Å². The van der Waals surface area contributed by atoms with Crippen LogP contribution in [0.25, 0.3) is 0 Å². The summed E-state index contributed by atoms with van der Waals surface area (Å²) in [4.78, 5) is 12.3. The van der Waals surface area contributed by atoms with Crippen molar-refractivity contribution in [2.75, 3.05) is 0 Å². The number of carbonyl (C=O) groups is 1. The first-order chi connectivity index (χ1) is 7.81. The van der Waals surface area contributed by atoms with Crippen LogP contribution in [0.2, 0.25) is 0 Å². The maximum absolute atomic E-state index is 12.3. The van der Waals surface area contributed by atoms with Crippen molar-refractivity contribution in [3.63, 3.8) is 0 Å². The molecular formula is C14H22OS. The minimum atomic E-state index is 0.444. The van der Waals surface area contributed by atoms with Gasteiger partial charge in [0.1, 0.15) is 5.78 Å². The normalized spacial score (nSPS) is 39.1. The zero-order valence-corrected chi connectivity index (χ0v) is 10.8. The van der Waals surface area contributed by atoms with Crippen LogP contribution in [0.3, 0.4) is 0 Å². The van der Waals surface area contributed by atoms with Crippen LogP contribution in [0.15, 0.2) is 0 Å². The molecule has 3 fully saturated rings. The summed E-state index contributed by atoms with van der Waals surface area (Å²) >= 11 is 2.16. The third-order valence-corrected chi connectivity index (χ3v) is 6.34. The lowest BCUT2D eigenvalue weighted by Crippen LogP contribution is -2.25. The molecule has 90 valence electrons. The molecule has 2 bridgehead atoms. The van der Waals surface area contributed by atoms with Gasteiger partial charge in [0.25, 0.3) is 0 Å². The Labute approximate surface area is 103 Å². The molecule has 0 amide bonds. The van der Waals surface area contributed by atoms with Crippen LogP contribution in [-0.2, 0) is 4.79 Å². The highest BCUT2D eigenvalue weighted by Crippen LogP contribution is 2.46. The van der Waals surface area contributed by atoms with Crippen molar-refractivity contribution in [1.29, 1.82) is 0 Å². The predicted octanol–water partition coefficient (Wildman–Crippen LogP) is 3.81. The van der Waals surface area contributed by atoms with Gasteiger partial charge in [-0.25, -0.2) is 0 Å². The molecule has 0 aromatic carbocycles. The molecule has 2 atom stereocenters. The largest absolute Gasteiger partial charge is 0.299 e. The quantitative estimate of drug-likeness (QED) is 0.743. The molecule has 2 saturated heterocycles. The smallest absolute Gasteiger partial charge is 0.136 e. The first-order valence-corrected chi connectivity index (χ1v) is 7.93. The fourth-order valence-corrected chi connectivity index (χ4v) is 5.56. The Morgan fingerprint density at radius 1 is 1.00 bits per heavy atom. The van der Waals surface area contributed by atoms with Crippen molar-refractivity contribution in [3.8, 4) is 0 Å². The van der Waals surface area contributed by atoms with Gasteiger partial charge >= 0.3 is 0 Å². The number of carbonyl (C=O) groups excluding carboxylic acids is 1. The van der Waals surface area contributed by atoms with E-state index >= 15 is 0 Å². The summed E-state index contributed by atoms with van der Waals surface area (Å²) in [6.45, 7) is 0. The number of fused-ring (bicyclic) bond motifs is 2. The van der Waals surface area contributed by atoms with Gasteiger partial charge in [0, 0.05) is 22.8 Å². The Hall–Kier alpha value is 0.0200. The highest BCUT2D eigenvalue weighted by molar-refractivity contribution is 8.00. The van der Waals surface area contributed by atoms with E-state index in [0.29, 0.717) is 11.7 Å². The molecule has 0 spiro atoms. The number of thioether (sulfide) groups is 1. The van der Waals surface area contributed by atoms with E-state index in [9.17, 15) is 4.79 Å². The summed E-state index contributed by atoms with van der Waals surface area (Å²) in [5.41, 5.74) is 0. The van der Waals surface area contributed by atoms with Crippen molar-refractivity contribution in [2.45, 2.75) is 68.3 Å². The van der Waals surface area contributed by atoms with E-state index in [2.05, 4.69) is 11.8 Å². The fraction of sp³-hybridized carbons (Fsp3) is 0.929. The van der Waals surface area contributed by atoms with Crippen LogP contribution in [0.4, 0.5) is 0 Å². The predicted molar refractivity (Wildman–Crippen MR) is 68.7 cm³/mol. The maximum Gasteiger partial charge on any atom is 0.136 e. The molecule has 0 N–H and O–H groups in total. The van der Waals surface area contributed by atoms with Gasteiger partial charge in [-0.2, -0.15) is 11.8 Å². The molecule has 2 unspecified atom stereocenters. The summed E-state index contributed by atoms with van der Waals surface area (Å²) < 4.78 is 0. The maximum atomic E-state index is 12.3. The number of ketones is 1. The van der Waals surface area contributed by atoms with Crippen LogP contribution < -0.4 is 0 Å². The SMILES string of the molecule is O=C(CC1CCCC1)C1CC2CCC(C1)S2. The standard InChI is InChI=1S/C14H22OS/c15-14(7-10-3-1-2-4-10)11-8-12-5-6-13(9-11)16-12/h10-13H,1-9H2. The van der Waals surface area contributed by atoms with Crippen molar-refractivity contribution in [1.82, 2.24) is 0 Å². The molecule has 3 rings (SSSR count). The molecule has 2 heterocycles. The molecule has 0 aromatic heterocycles. The van der Waals surface area contributed by atoms with E-state index < -0.39 is 0 Å². The summed E-state index contributed by atoms with van der Waals surface area (Å²) in [5, 5.41) is 1.66. The van der Waals surface area contributed by atoms with Crippen LogP contribution in [0, 0.1) is 11.8 Å². The molecule has 16 heavy (non-hydrogen) atoms. The van der Waals surface area contributed by atoms with E-state index in [4.69, 9.17) is 0 Å². The van der Waals surface area contributed by atoms with Crippen molar-refractivity contribution >= 4 is 17.5 Å². The third-order valence-electron chi connectivity index (χ3n) is 4.71. The lowest BCUT2D eigenvalue weighted by Gasteiger charge is -2.27. The highest BCUT2D eigenvalue weighted by Gasteiger charge is 2.37. The highest BCUT2D eigenvalue weighted by atomic mass is 32.2. The Kier molecular flexibility index (Phi) is 3.28. The first-order valence-electron chi connectivity index (χ1n) is 6.99. The second kappa shape index (κ2) is 4.72. The van der Waals surface area contributed by atoms with Crippen LogP contribution >= 0.6 is 11.8 Å². The molecule has 0 aromatic rings. The van der Waals surface area contributed by atoms with Gasteiger partial charge in [0.2, 0.25) is 0 Å². The molecule has 3 aliphatic rings. The van der Waals surface area contributed by atoms with E-state index in [1.165, 1.54) is 51.4 Å². The van der Waals surface area contributed by atoms with Gasteiger partial charge in [-0.3, -0.25) is 4.79 Å². The molecule has 1 saturated carbocycles. The molecular weight excluding hydrogens is 216 g/mol. The Balaban J connectivity index is 1.54. The molecule has 2 heteroatoms. The van der Waals surface area contributed by atoms with Crippen molar-refractivity contribution in [2.24, 2.45) is 11.8 Å². The minimum absolute atomic E-state index is 0.444. The van der Waals surface area contributed by atoms with E-state index in [1.54, 1.807) is 0 Å². The summed E-state index contributed by atoms with van der Waals surface area (Å²) in [7, 11) is 0. The van der Waals surface area contributed by atoms with Gasteiger partial charge in [0.05, 0.1) is 0 Å². The number of hydrogen-bond acceptors (Lipinski definition) is 2. The fourth-order valence-electron chi connectivity index (χ4n) is 3.79. The van der Waals surface area contributed by atoms with E-state index in [-0.39, 0.29) is 0 Å². The topological polar surface area (TPSA) is 17.1 Å². The van der Waals surface area contributed by atoms with Gasteiger partial charge in [-0.15, -0.1) is 0 Å². The van der Waals surface area contributed by atoms with Crippen molar-refractivity contribution in [3.05, 3.63) is 0 Å². The zero-order valence-electron chi connectivity index (χ0n) is 9.99. The second-order valence-corrected chi connectivity index (χ2v) is 7.55. The van der Waals surface area contributed by atoms with Gasteiger partial charge < -0.3 is 0 Å². The molecule has 2 aliphatic heterocycles. The Morgan fingerprint density at radius 3 is 2.25 bits per heavy atom. The summed E-state index contributed by atoms with van der Waals surface area (Å²) in [5.74, 6) is 1.81. The lowest BCUT2D eigenvalue weighted by atomic mass is 9.88. The van der Waals surface area contributed by atoms with E-state index in [0.717, 1.165) is 22.8 Å². The first kappa shape index (κ1) is 11.1. The van der Waals surface area contributed by atoms with Gasteiger partial charge in [0.15, 0.2) is 0 Å². The van der Waals surface area contributed by atoms with Crippen LogP contribution in [0.5, 0.6) is 0 Å². The van der Waals surface area contributed by atoms with Crippen LogP contribution in [-0.4, -0.2) is 16.3 Å². The second-order valence-electron chi connectivity index (χ2n) is 5.95. The third kappa shape index (κ3) is 2.32. The number of rotatable bonds is 3. The average molecular weight is 238 g/mol. The molecule has 1 aliphatic carbocycles. The van der Waals surface area contributed by atoms with E-state index in [1.807, 2.05) is 0 Å². The summed E-state index contributed by atoms with van der Waals surface area (Å²) in [6, 6.07) is 0. The Bertz CT molecular complexity index is 258. The lowest BCUT2D eigenvalue weighted by molar-refractivity contribution is -0.124. The average Bonchev–Trinajstić information content (AvgIpc) is 2.89. The molecule has 0 radical (unpaired) electrons.